The van der Waals surface area contributed by atoms with Crippen LogP contribution < -0.4 is 5.73 Å². The molecule has 0 aliphatic heterocycles. The summed E-state index contributed by atoms with van der Waals surface area (Å²) in [5.74, 6) is 0. The molecule has 1 aromatic carbocycles. The molecule has 15 heavy (non-hydrogen) atoms. The van der Waals surface area contributed by atoms with Crippen LogP contribution in [0.4, 0.5) is 0 Å². The number of nitrogens with two attached hydrogens (primary N) is 1. The van der Waals surface area contributed by atoms with Crippen molar-refractivity contribution < 1.29 is 0 Å². The van der Waals surface area contributed by atoms with Gasteiger partial charge in [0.05, 0.1) is 0 Å². The number of benzene rings is 1. The Bertz CT molecular complexity index is 321. The quantitative estimate of drug-likeness (QED) is 0.801. The highest BCUT2D eigenvalue weighted by molar-refractivity contribution is 5.33. The molecule has 0 amide bonds. The Labute approximate surface area is 93.7 Å². The van der Waals surface area contributed by atoms with Crippen molar-refractivity contribution in [2.75, 3.05) is 0 Å². The summed E-state index contributed by atoms with van der Waals surface area (Å²) in [6.07, 6.45) is 3.41. The monoisotopic (exact) mass is 205 g/mol. The zero-order chi connectivity index (χ0) is 11.5. The highest BCUT2D eigenvalue weighted by atomic mass is 14.7. The van der Waals surface area contributed by atoms with E-state index in [9.17, 15) is 0 Å². The normalized spacial score (nSPS) is 11.8. The summed E-state index contributed by atoms with van der Waals surface area (Å²) in [6, 6.07) is 6.54. The van der Waals surface area contributed by atoms with Gasteiger partial charge in [0, 0.05) is 5.54 Å². The molecule has 0 spiro atoms. The molecule has 84 valence electrons. The summed E-state index contributed by atoms with van der Waals surface area (Å²) in [5, 5.41) is 0. The second-order valence-electron chi connectivity index (χ2n) is 5.20. The van der Waals surface area contributed by atoms with E-state index in [2.05, 4.69) is 45.9 Å². The van der Waals surface area contributed by atoms with Crippen LogP contribution in [-0.2, 0) is 6.42 Å². The third-order valence-corrected chi connectivity index (χ3v) is 2.98. The molecular weight excluding hydrogens is 182 g/mol. The smallest absolute Gasteiger partial charge is 0.00971 e. The van der Waals surface area contributed by atoms with Crippen molar-refractivity contribution in [1.82, 2.24) is 0 Å². The molecule has 2 N–H and O–H groups in total. The van der Waals surface area contributed by atoms with E-state index in [1.807, 2.05) is 0 Å². The molecule has 1 aromatic rings. The summed E-state index contributed by atoms with van der Waals surface area (Å²) in [4.78, 5) is 0. The van der Waals surface area contributed by atoms with E-state index < -0.39 is 0 Å². The van der Waals surface area contributed by atoms with Crippen LogP contribution >= 0.6 is 0 Å². The maximum Gasteiger partial charge on any atom is 0.00971 e. The lowest BCUT2D eigenvalue weighted by Gasteiger charge is -2.18. The molecule has 0 atom stereocenters. The fraction of sp³-hybridized carbons (Fsp3) is 0.571. The van der Waals surface area contributed by atoms with Crippen molar-refractivity contribution in [2.45, 2.75) is 52.5 Å². The number of rotatable bonds is 4. The standard InChI is InChI=1S/C14H23N/c1-11-7-5-8-13(12(11)2)9-6-10-14(3,4)15/h5,7-8H,6,9-10,15H2,1-4H3. The molecule has 0 aliphatic carbocycles. The Balaban J connectivity index is 2.55. The molecule has 0 fully saturated rings. The minimum Gasteiger partial charge on any atom is -0.326 e. The van der Waals surface area contributed by atoms with Crippen LogP contribution in [0.2, 0.25) is 0 Å². The maximum absolute atomic E-state index is 5.97. The first kappa shape index (κ1) is 12.3. The molecule has 0 unspecified atom stereocenters. The van der Waals surface area contributed by atoms with E-state index in [1.54, 1.807) is 0 Å². The van der Waals surface area contributed by atoms with Crippen LogP contribution in [0.25, 0.3) is 0 Å². The Hall–Kier alpha value is -0.820. The second kappa shape index (κ2) is 4.80. The summed E-state index contributed by atoms with van der Waals surface area (Å²) in [7, 11) is 0. The number of hydrogen-bond donors (Lipinski definition) is 1. The summed E-state index contributed by atoms with van der Waals surface area (Å²) in [5.41, 5.74) is 10.2. The molecule has 1 heteroatoms. The van der Waals surface area contributed by atoms with Crippen LogP contribution in [-0.4, -0.2) is 5.54 Å². The highest BCUT2D eigenvalue weighted by Gasteiger charge is 2.10. The molecule has 0 aromatic heterocycles. The molecular formula is C14H23N. The lowest BCUT2D eigenvalue weighted by Crippen LogP contribution is -2.31. The minimum atomic E-state index is -0.0300. The Morgan fingerprint density at radius 3 is 2.47 bits per heavy atom. The molecule has 0 heterocycles. The van der Waals surface area contributed by atoms with Gasteiger partial charge in [-0.05, 0) is 63.6 Å². The van der Waals surface area contributed by atoms with Gasteiger partial charge in [0.2, 0.25) is 0 Å². The maximum atomic E-state index is 5.97. The lowest BCUT2D eigenvalue weighted by atomic mass is 9.94. The topological polar surface area (TPSA) is 26.0 Å². The fourth-order valence-electron chi connectivity index (χ4n) is 1.82. The molecule has 0 saturated heterocycles. The zero-order valence-electron chi connectivity index (χ0n) is 10.4. The molecule has 0 bridgehead atoms. The minimum absolute atomic E-state index is 0.0300. The van der Waals surface area contributed by atoms with Crippen LogP contribution in [0.15, 0.2) is 18.2 Å². The van der Waals surface area contributed by atoms with E-state index in [1.165, 1.54) is 23.1 Å². The summed E-state index contributed by atoms with van der Waals surface area (Å²) >= 11 is 0. The number of hydrogen-bond acceptors (Lipinski definition) is 1. The van der Waals surface area contributed by atoms with Gasteiger partial charge in [0.25, 0.3) is 0 Å². The average molecular weight is 205 g/mol. The van der Waals surface area contributed by atoms with E-state index in [0.29, 0.717) is 0 Å². The molecule has 1 rings (SSSR count). The van der Waals surface area contributed by atoms with Gasteiger partial charge in [0.1, 0.15) is 0 Å². The van der Waals surface area contributed by atoms with E-state index in [4.69, 9.17) is 5.73 Å². The van der Waals surface area contributed by atoms with Gasteiger partial charge in [-0.25, -0.2) is 0 Å². The highest BCUT2D eigenvalue weighted by Crippen LogP contribution is 2.17. The van der Waals surface area contributed by atoms with Crippen LogP contribution in [0.3, 0.4) is 0 Å². The van der Waals surface area contributed by atoms with Crippen molar-refractivity contribution in [3.05, 3.63) is 34.9 Å². The van der Waals surface area contributed by atoms with Gasteiger partial charge in [-0.3, -0.25) is 0 Å². The predicted molar refractivity (Wildman–Crippen MR) is 67.1 cm³/mol. The van der Waals surface area contributed by atoms with Crippen molar-refractivity contribution in [2.24, 2.45) is 5.73 Å². The van der Waals surface area contributed by atoms with Crippen LogP contribution in [0.5, 0.6) is 0 Å². The van der Waals surface area contributed by atoms with E-state index >= 15 is 0 Å². The van der Waals surface area contributed by atoms with Gasteiger partial charge >= 0.3 is 0 Å². The van der Waals surface area contributed by atoms with Crippen molar-refractivity contribution in [3.63, 3.8) is 0 Å². The van der Waals surface area contributed by atoms with Crippen molar-refractivity contribution in [1.29, 1.82) is 0 Å². The second-order valence-corrected chi connectivity index (χ2v) is 5.20. The van der Waals surface area contributed by atoms with E-state index in [0.717, 1.165) is 12.8 Å². The fourth-order valence-corrected chi connectivity index (χ4v) is 1.82. The first-order valence-electron chi connectivity index (χ1n) is 5.74. The zero-order valence-corrected chi connectivity index (χ0v) is 10.4. The van der Waals surface area contributed by atoms with Crippen LogP contribution in [0, 0.1) is 13.8 Å². The van der Waals surface area contributed by atoms with Gasteiger partial charge in [0.15, 0.2) is 0 Å². The predicted octanol–water partition coefficient (Wildman–Crippen LogP) is 3.36. The van der Waals surface area contributed by atoms with Gasteiger partial charge in [-0.1, -0.05) is 18.2 Å². The number of aryl methyl sites for hydroxylation is 2. The molecule has 0 aliphatic rings. The molecule has 0 radical (unpaired) electrons. The van der Waals surface area contributed by atoms with Gasteiger partial charge < -0.3 is 5.73 Å². The molecule has 0 saturated carbocycles. The SMILES string of the molecule is Cc1cccc(CCCC(C)(C)N)c1C. The van der Waals surface area contributed by atoms with E-state index in [-0.39, 0.29) is 5.54 Å². The third kappa shape index (κ3) is 4.05. The Morgan fingerprint density at radius 2 is 1.87 bits per heavy atom. The van der Waals surface area contributed by atoms with Crippen LogP contribution in [0.1, 0.15) is 43.4 Å². The first-order chi connectivity index (χ1) is 6.90. The Kier molecular flexibility index (Phi) is 3.92. The first-order valence-corrected chi connectivity index (χ1v) is 5.74. The third-order valence-electron chi connectivity index (χ3n) is 2.98. The summed E-state index contributed by atoms with van der Waals surface area (Å²) in [6.45, 7) is 8.57. The molecule has 1 nitrogen and oxygen atoms in total. The summed E-state index contributed by atoms with van der Waals surface area (Å²) < 4.78 is 0. The Morgan fingerprint density at radius 1 is 1.20 bits per heavy atom. The van der Waals surface area contributed by atoms with Gasteiger partial charge in [-0.2, -0.15) is 0 Å². The largest absolute Gasteiger partial charge is 0.326 e. The van der Waals surface area contributed by atoms with Crippen molar-refractivity contribution >= 4 is 0 Å². The van der Waals surface area contributed by atoms with Crippen molar-refractivity contribution in [3.8, 4) is 0 Å². The van der Waals surface area contributed by atoms with Gasteiger partial charge in [-0.15, -0.1) is 0 Å². The average Bonchev–Trinajstić information content (AvgIpc) is 2.10. The lowest BCUT2D eigenvalue weighted by molar-refractivity contribution is 0.459.